The molecule has 3 rings (SSSR count). The Labute approximate surface area is 158 Å². The molecule has 2 aliphatic heterocycles. The molecule has 140 valence electrons. The van der Waals surface area contributed by atoms with Crippen molar-refractivity contribution < 1.29 is 9.31 Å². The first-order chi connectivity index (χ1) is 12.2. The lowest BCUT2D eigenvalue weighted by Crippen LogP contribution is -2.43. The highest BCUT2D eigenvalue weighted by Gasteiger charge is 2.52. The summed E-state index contributed by atoms with van der Waals surface area (Å²) < 4.78 is 12.6. The van der Waals surface area contributed by atoms with Gasteiger partial charge in [0.25, 0.3) is 0 Å². The highest BCUT2D eigenvalue weighted by atomic mass is 16.7. The van der Waals surface area contributed by atoms with E-state index in [0.29, 0.717) is 0 Å². The Kier molecular flexibility index (Phi) is 5.25. The van der Waals surface area contributed by atoms with Crippen molar-refractivity contribution in [3.05, 3.63) is 28.3 Å². The van der Waals surface area contributed by atoms with Gasteiger partial charge in [-0.3, -0.25) is 4.90 Å². The van der Waals surface area contributed by atoms with Crippen LogP contribution in [0.25, 0.3) is 0 Å². The maximum Gasteiger partial charge on any atom is 0.495 e. The minimum atomic E-state index is -0.380. The molecule has 0 aromatic heterocycles. The predicted molar refractivity (Wildman–Crippen MR) is 108 cm³/mol. The summed E-state index contributed by atoms with van der Waals surface area (Å²) in [6, 6.07) is 2.25. The number of benzene rings is 1. The number of hydrogen-bond donors (Lipinski definition) is 1. The summed E-state index contributed by atoms with van der Waals surface area (Å²) in [7, 11) is -0.380. The molecule has 1 aromatic rings. The van der Waals surface area contributed by atoms with Gasteiger partial charge < -0.3 is 14.6 Å². The normalized spacial score (nSPS) is 22.4. The van der Waals surface area contributed by atoms with Crippen molar-refractivity contribution in [2.45, 2.75) is 59.3 Å². The minimum absolute atomic E-state index is 0.357. The van der Waals surface area contributed by atoms with Crippen molar-refractivity contribution in [2.24, 2.45) is 0 Å². The van der Waals surface area contributed by atoms with Crippen LogP contribution < -0.4 is 10.8 Å². The van der Waals surface area contributed by atoms with Gasteiger partial charge in [0.2, 0.25) is 0 Å². The third-order valence-corrected chi connectivity index (χ3v) is 6.25. The fraction of sp³-hybridized carbons (Fsp3) is 0.619. The molecule has 2 fully saturated rings. The van der Waals surface area contributed by atoms with Crippen LogP contribution in [-0.2, 0) is 15.9 Å². The molecular weight excluding hydrogens is 323 g/mol. The molecule has 0 atom stereocenters. The number of nitrogens with one attached hydrogen (secondary N) is 1. The van der Waals surface area contributed by atoms with Crippen LogP contribution in [0.2, 0.25) is 0 Å². The fourth-order valence-corrected chi connectivity index (χ4v) is 3.70. The number of rotatable bonds is 3. The highest BCUT2D eigenvalue weighted by Crippen LogP contribution is 2.37. The number of nitrogens with zero attached hydrogens (tertiary/aromatic N) is 1. The van der Waals surface area contributed by atoms with E-state index in [-0.39, 0.29) is 18.3 Å². The van der Waals surface area contributed by atoms with Gasteiger partial charge in [-0.15, -0.1) is 6.42 Å². The maximum atomic E-state index is 6.30. The molecular formula is C21H31BN2O2. The largest absolute Gasteiger partial charge is 0.495 e. The summed E-state index contributed by atoms with van der Waals surface area (Å²) >= 11 is 0. The van der Waals surface area contributed by atoms with E-state index >= 15 is 0 Å². The van der Waals surface area contributed by atoms with E-state index in [1.165, 1.54) is 11.1 Å². The fourth-order valence-electron chi connectivity index (χ4n) is 3.70. The van der Waals surface area contributed by atoms with Crippen molar-refractivity contribution >= 4 is 12.6 Å². The van der Waals surface area contributed by atoms with E-state index in [1.54, 1.807) is 0 Å². The van der Waals surface area contributed by atoms with E-state index in [0.717, 1.165) is 49.3 Å². The van der Waals surface area contributed by atoms with Gasteiger partial charge >= 0.3 is 7.12 Å². The van der Waals surface area contributed by atoms with Crippen molar-refractivity contribution in [3.63, 3.8) is 0 Å². The molecule has 0 unspecified atom stereocenters. The zero-order valence-corrected chi connectivity index (χ0v) is 17.0. The first-order valence-electron chi connectivity index (χ1n) is 9.54. The molecule has 0 radical (unpaired) electrons. The van der Waals surface area contributed by atoms with Gasteiger partial charge in [-0.1, -0.05) is 12.0 Å². The summed E-state index contributed by atoms with van der Waals surface area (Å²) in [6.45, 7) is 17.7. The van der Waals surface area contributed by atoms with Crippen LogP contribution >= 0.6 is 0 Å². The SMILES string of the molecule is C#Cc1c(C)c(CN2CCNCC2)cc(B2OC(C)(C)C(C)(C)O2)c1C. The molecule has 2 heterocycles. The molecule has 0 amide bonds. The first-order valence-corrected chi connectivity index (χ1v) is 9.54. The number of piperazine rings is 1. The molecule has 1 aromatic carbocycles. The van der Waals surface area contributed by atoms with Crippen molar-refractivity contribution in [2.75, 3.05) is 26.2 Å². The van der Waals surface area contributed by atoms with Crippen molar-refractivity contribution in [3.8, 4) is 12.3 Å². The molecule has 0 aliphatic carbocycles. The second kappa shape index (κ2) is 7.01. The van der Waals surface area contributed by atoms with E-state index in [2.05, 4.69) is 63.7 Å². The highest BCUT2D eigenvalue weighted by molar-refractivity contribution is 6.62. The number of hydrogen-bond acceptors (Lipinski definition) is 4. The van der Waals surface area contributed by atoms with E-state index in [4.69, 9.17) is 15.7 Å². The Bertz CT molecular complexity index is 715. The van der Waals surface area contributed by atoms with E-state index in [1.807, 2.05) is 0 Å². The van der Waals surface area contributed by atoms with Gasteiger partial charge in [0.1, 0.15) is 0 Å². The summed E-state index contributed by atoms with van der Waals surface area (Å²) in [5.41, 5.74) is 4.88. The molecule has 2 aliphatic rings. The Morgan fingerprint density at radius 1 is 1.12 bits per heavy atom. The summed E-state index contributed by atoms with van der Waals surface area (Å²) in [5, 5.41) is 3.41. The van der Waals surface area contributed by atoms with Gasteiger partial charge in [0.05, 0.1) is 11.2 Å². The Morgan fingerprint density at radius 2 is 1.69 bits per heavy atom. The van der Waals surface area contributed by atoms with Gasteiger partial charge in [-0.2, -0.15) is 0 Å². The lowest BCUT2D eigenvalue weighted by atomic mass is 9.73. The van der Waals surface area contributed by atoms with E-state index in [9.17, 15) is 0 Å². The summed E-state index contributed by atoms with van der Waals surface area (Å²) in [6.07, 6.45) is 5.87. The molecule has 5 heteroatoms. The average Bonchev–Trinajstić information content (AvgIpc) is 2.79. The van der Waals surface area contributed by atoms with Crippen LogP contribution in [0.4, 0.5) is 0 Å². The zero-order valence-electron chi connectivity index (χ0n) is 17.0. The zero-order chi connectivity index (χ0) is 19.1. The molecule has 0 spiro atoms. The molecule has 0 saturated carbocycles. The Balaban J connectivity index is 1.98. The topological polar surface area (TPSA) is 33.7 Å². The van der Waals surface area contributed by atoms with Crippen LogP contribution in [-0.4, -0.2) is 49.4 Å². The predicted octanol–water partition coefficient (Wildman–Crippen LogP) is 1.99. The Hall–Kier alpha value is -1.32. The average molecular weight is 354 g/mol. The second-order valence-corrected chi connectivity index (χ2v) is 8.51. The lowest BCUT2D eigenvalue weighted by molar-refractivity contribution is 0.00578. The Morgan fingerprint density at radius 3 is 2.23 bits per heavy atom. The van der Waals surface area contributed by atoms with Crippen LogP contribution in [0.15, 0.2) is 6.07 Å². The van der Waals surface area contributed by atoms with Gasteiger partial charge in [-0.05, 0) is 63.7 Å². The lowest BCUT2D eigenvalue weighted by Gasteiger charge is -2.32. The van der Waals surface area contributed by atoms with Crippen molar-refractivity contribution in [1.82, 2.24) is 10.2 Å². The minimum Gasteiger partial charge on any atom is -0.399 e. The van der Waals surface area contributed by atoms with E-state index < -0.39 is 0 Å². The van der Waals surface area contributed by atoms with Gasteiger partial charge in [-0.25, -0.2) is 0 Å². The maximum absolute atomic E-state index is 6.30. The third-order valence-electron chi connectivity index (χ3n) is 6.25. The monoisotopic (exact) mass is 354 g/mol. The van der Waals surface area contributed by atoms with Crippen molar-refractivity contribution in [1.29, 1.82) is 0 Å². The standard InChI is InChI=1S/C21H31BN2O2/c1-8-18-15(2)17(14-24-11-9-23-10-12-24)13-19(16(18)3)22-25-20(4,5)21(6,7)26-22/h1,13,23H,9-12,14H2,2-7H3. The van der Waals surface area contributed by atoms with Gasteiger partial charge in [0.15, 0.2) is 0 Å². The number of terminal acetylenes is 1. The quantitative estimate of drug-likeness (QED) is 0.665. The molecule has 4 nitrogen and oxygen atoms in total. The smallest absolute Gasteiger partial charge is 0.399 e. The molecule has 0 bridgehead atoms. The molecule has 2 saturated heterocycles. The molecule has 26 heavy (non-hydrogen) atoms. The third kappa shape index (κ3) is 3.44. The van der Waals surface area contributed by atoms with Crippen LogP contribution in [0.1, 0.15) is 49.9 Å². The second-order valence-electron chi connectivity index (χ2n) is 8.51. The summed E-state index contributed by atoms with van der Waals surface area (Å²) in [4.78, 5) is 2.47. The van der Waals surface area contributed by atoms with Gasteiger partial charge in [0, 0.05) is 38.3 Å². The van der Waals surface area contributed by atoms with Crippen LogP contribution in [0.5, 0.6) is 0 Å². The first kappa shape index (κ1) is 19.4. The van der Waals surface area contributed by atoms with Crippen LogP contribution in [0.3, 0.4) is 0 Å². The molecule has 1 N–H and O–H groups in total. The summed E-state index contributed by atoms with van der Waals surface area (Å²) in [5.74, 6) is 2.90. The van der Waals surface area contributed by atoms with Crippen LogP contribution in [0, 0.1) is 26.2 Å².